The monoisotopic (exact) mass is 298 g/mol. The maximum atomic E-state index is 13.5. The van der Waals surface area contributed by atoms with E-state index in [1.165, 1.54) is 12.1 Å². The maximum Gasteiger partial charge on any atom is 0.142 e. The van der Waals surface area contributed by atoms with Crippen LogP contribution in [-0.4, -0.2) is 6.54 Å². The zero-order chi connectivity index (χ0) is 13.8. The normalized spacial score (nSPS) is 12.2. The first-order valence-electron chi connectivity index (χ1n) is 5.78. The third kappa shape index (κ3) is 3.38. The van der Waals surface area contributed by atoms with Gasteiger partial charge in [0, 0.05) is 6.54 Å². The van der Waals surface area contributed by atoms with Crippen molar-refractivity contribution < 1.29 is 4.39 Å². The van der Waals surface area contributed by atoms with Gasteiger partial charge in [-0.05, 0) is 29.8 Å². The Morgan fingerprint density at radius 1 is 1.11 bits per heavy atom. The van der Waals surface area contributed by atoms with E-state index in [4.69, 9.17) is 28.9 Å². The third-order valence-corrected chi connectivity index (χ3v) is 3.42. The average Bonchev–Trinajstić information content (AvgIpc) is 2.41. The Labute approximate surface area is 121 Å². The molecule has 0 heterocycles. The van der Waals surface area contributed by atoms with Gasteiger partial charge in [-0.2, -0.15) is 0 Å². The topological polar surface area (TPSA) is 38.0 Å². The Balaban J connectivity index is 2.25. The van der Waals surface area contributed by atoms with Gasteiger partial charge in [-0.25, -0.2) is 4.39 Å². The van der Waals surface area contributed by atoms with Gasteiger partial charge in [0.05, 0.1) is 21.8 Å². The van der Waals surface area contributed by atoms with E-state index in [1.54, 1.807) is 12.1 Å². The van der Waals surface area contributed by atoms with Crippen molar-refractivity contribution in [2.75, 3.05) is 11.9 Å². The molecule has 0 saturated heterocycles. The van der Waals surface area contributed by atoms with Crippen LogP contribution in [0.15, 0.2) is 42.5 Å². The molecule has 0 radical (unpaired) electrons. The summed E-state index contributed by atoms with van der Waals surface area (Å²) in [6.07, 6.45) is 0. The van der Waals surface area contributed by atoms with Gasteiger partial charge < -0.3 is 11.1 Å². The number of hydrogen-bond acceptors (Lipinski definition) is 2. The zero-order valence-electron chi connectivity index (χ0n) is 10.0. The lowest BCUT2D eigenvalue weighted by Gasteiger charge is -2.19. The van der Waals surface area contributed by atoms with Crippen molar-refractivity contribution in [1.82, 2.24) is 0 Å². The molecule has 0 aliphatic rings. The van der Waals surface area contributed by atoms with Crippen molar-refractivity contribution in [3.63, 3.8) is 0 Å². The number of halogens is 3. The quantitative estimate of drug-likeness (QED) is 0.886. The second-order valence-corrected chi connectivity index (χ2v) is 4.90. The summed E-state index contributed by atoms with van der Waals surface area (Å²) >= 11 is 11.7. The lowest BCUT2D eigenvalue weighted by molar-refractivity contribution is 0.623. The lowest BCUT2D eigenvalue weighted by Crippen LogP contribution is -2.20. The zero-order valence-corrected chi connectivity index (χ0v) is 11.5. The number of hydrogen-bond donors (Lipinski definition) is 2. The minimum absolute atomic E-state index is 0.0947. The maximum absolute atomic E-state index is 13.5. The van der Waals surface area contributed by atoms with Crippen LogP contribution in [0.25, 0.3) is 0 Å². The molecule has 0 fully saturated rings. The van der Waals surface area contributed by atoms with Crippen molar-refractivity contribution in [3.8, 4) is 0 Å². The predicted molar refractivity (Wildman–Crippen MR) is 78.3 cm³/mol. The predicted octanol–water partition coefficient (Wildman–Crippen LogP) is 4.24. The molecular formula is C14H13Cl2FN2. The summed E-state index contributed by atoms with van der Waals surface area (Å²) in [5, 5.41) is 3.88. The lowest BCUT2D eigenvalue weighted by atomic mass is 10.1. The molecule has 1 unspecified atom stereocenters. The molecule has 100 valence electrons. The van der Waals surface area contributed by atoms with Gasteiger partial charge >= 0.3 is 0 Å². The molecular weight excluding hydrogens is 286 g/mol. The minimum atomic E-state index is -0.460. The molecule has 0 spiro atoms. The largest absolute Gasteiger partial charge is 0.376 e. The van der Waals surface area contributed by atoms with Crippen LogP contribution in [0.3, 0.4) is 0 Å². The number of nitrogens with one attached hydrogen (secondary N) is 1. The second-order valence-electron chi connectivity index (χ2n) is 4.09. The molecule has 0 bridgehead atoms. The van der Waals surface area contributed by atoms with E-state index in [-0.39, 0.29) is 11.1 Å². The highest BCUT2D eigenvalue weighted by molar-refractivity contribution is 6.33. The molecule has 19 heavy (non-hydrogen) atoms. The van der Waals surface area contributed by atoms with Crippen LogP contribution in [0.1, 0.15) is 11.6 Å². The van der Waals surface area contributed by atoms with Crippen LogP contribution in [0.2, 0.25) is 10.0 Å². The van der Waals surface area contributed by atoms with E-state index in [9.17, 15) is 4.39 Å². The highest BCUT2D eigenvalue weighted by atomic mass is 35.5. The van der Waals surface area contributed by atoms with Crippen LogP contribution in [0.4, 0.5) is 10.1 Å². The van der Waals surface area contributed by atoms with Crippen LogP contribution >= 0.6 is 23.2 Å². The summed E-state index contributed by atoms with van der Waals surface area (Å²) in [5.41, 5.74) is 7.22. The van der Waals surface area contributed by atoms with Crippen LogP contribution in [0.5, 0.6) is 0 Å². The van der Waals surface area contributed by atoms with Crippen molar-refractivity contribution >= 4 is 28.9 Å². The van der Waals surface area contributed by atoms with Crippen LogP contribution < -0.4 is 11.1 Å². The molecule has 0 amide bonds. The molecule has 2 rings (SSSR count). The van der Waals surface area contributed by atoms with E-state index in [2.05, 4.69) is 5.32 Å². The first-order valence-corrected chi connectivity index (χ1v) is 6.53. The van der Waals surface area contributed by atoms with Gasteiger partial charge in [-0.15, -0.1) is 0 Å². The summed E-state index contributed by atoms with van der Waals surface area (Å²) in [4.78, 5) is 0. The first-order chi connectivity index (χ1) is 9.11. The van der Waals surface area contributed by atoms with Crippen molar-refractivity contribution in [3.05, 3.63) is 63.9 Å². The highest BCUT2D eigenvalue weighted by Crippen LogP contribution is 2.27. The molecule has 1 atom stereocenters. The van der Waals surface area contributed by atoms with Gasteiger partial charge in [-0.1, -0.05) is 41.4 Å². The van der Waals surface area contributed by atoms with Gasteiger partial charge in [-0.3, -0.25) is 0 Å². The van der Waals surface area contributed by atoms with Crippen molar-refractivity contribution in [1.29, 1.82) is 0 Å². The Bertz CT molecular complexity index is 575. The summed E-state index contributed by atoms with van der Waals surface area (Å²) in [5.74, 6) is -0.460. The highest BCUT2D eigenvalue weighted by Gasteiger charge is 2.12. The Morgan fingerprint density at radius 3 is 2.47 bits per heavy atom. The van der Waals surface area contributed by atoms with E-state index in [0.717, 1.165) is 11.3 Å². The fourth-order valence-corrected chi connectivity index (χ4v) is 2.08. The summed E-state index contributed by atoms with van der Waals surface area (Å²) < 4.78 is 13.5. The van der Waals surface area contributed by atoms with E-state index >= 15 is 0 Å². The van der Waals surface area contributed by atoms with Crippen molar-refractivity contribution in [2.24, 2.45) is 5.73 Å². The second kappa shape index (κ2) is 6.24. The molecule has 0 aromatic heterocycles. The molecule has 2 aromatic rings. The summed E-state index contributed by atoms with van der Waals surface area (Å²) in [7, 11) is 0. The number of anilines is 1. The van der Waals surface area contributed by atoms with Gasteiger partial charge in [0.1, 0.15) is 5.82 Å². The molecule has 0 aliphatic heterocycles. The molecule has 0 aliphatic carbocycles. The fourth-order valence-electron chi connectivity index (χ4n) is 1.77. The van der Waals surface area contributed by atoms with E-state index in [0.29, 0.717) is 11.6 Å². The first kappa shape index (κ1) is 14.1. The molecule has 0 saturated carbocycles. The van der Waals surface area contributed by atoms with Gasteiger partial charge in [0.25, 0.3) is 0 Å². The minimum Gasteiger partial charge on any atom is -0.376 e. The van der Waals surface area contributed by atoms with Crippen LogP contribution in [-0.2, 0) is 0 Å². The average molecular weight is 299 g/mol. The van der Waals surface area contributed by atoms with E-state index < -0.39 is 5.82 Å². The number of rotatable bonds is 4. The molecule has 2 aromatic carbocycles. The molecule has 2 nitrogen and oxygen atoms in total. The van der Waals surface area contributed by atoms with Gasteiger partial charge in [0.2, 0.25) is 0 Å². The van der Waals surface area contributed by atoms with Crippen molar-refractivity contribution in [2.45, 2.75) is 6.04 Å². The SMILES string of the molecule is NCC(Nc1ccccc1Cl)c1ccc(Cl)c(F)c1. The Morgan fingerprint density at radius 2 is 1.84 bits per heavy atom. The van der Waals surface area contributed by atoms with Crippen LogP contribution in [0, 0.1) is 5.82 Å². The summed E-state index contributed by atoms with van der Waals surface area (Å²) in [6.45, 7) is 0.312. The summed E-state index contributed by atoms with van der Waals surface area (Å²) in [6, 6.07) is 11.7. The number of para-hydroxylation sites is 1. The standard InChI is InChI=1S/C14H13Cl2FN2/c15-10-6-5-9(7-12(10)17)14(8-18)19-13-4-2-1-3-11(13)16/h1-7,14,19H,8,18H2. The van der Waals surface area contributed by atoms with E-state index in [1.807, 2.05) is 18.2 Å². The molecule has 3 N–H and O–H groups in total. The Hall–Kier alpha value is -1.29. The Kier molecular flexibility index (Phi) is 4.64. The number of nitrogens with two attached hydrogens (primary N) is 1. The van der Waals surface area contributed by atoms with Gasteiger partial charge in [0.15, 0.2) is 0 Å². The number of benzene rings is 2. The fraction of sp³-hybridized carbons (Fsp3) is 0.143. The molecule has 5 heteroatoms. The third-order valence-electron chi connectivity index (χ3n) is 2.79. The smallest absolute Gasteiger partial charge is 0.142 e.